The zero-order valence-corrected chi connectivity index (χ0v) is 13.2. The van der Waals surface area contributed by atoms with Gasteiger partial charge in [-0.05, 0) is 30.2 Å². The lowest BCUT2D eigenvalue weighted by Crippen LogP contribution is -2.11. The van der Waals surface area contributed by atoms with Crippen LogP contribution in [0.3, 0.4) is 0 Å². The summed E-state index contributed by atoms with van der Waals surface area (Å²) in [7, 11) is 1.65. The normalized spacial score (nSPS) is 12.2. The van der Waals surface area contributed by atoms with E-state index < -0.39 is 0 Å². The van der Waals surface area contributed by atoms with Gasteiger partial charge in [0.15, 0.2) is 0 Å². The van der Waals surface area contributed by atoms with Gasteiger partial charge in [-0.25, -0.2) is 0 Å². The van der Waals surface area contributed by atoms with E-state index in [-0.39, 0.29) is 18.3 Å². The Balaban J connectivity index is 0.00000176. The molecule has 3 rings (SSSR count). The van der Waals surface area contributed by atoms with Crippen LogP contribution in [0.15, 0.2) is 30.6 Å². The Hall–Kier alpha value is -2.05. The predicted octanol–water partition coefficient (Wildman–Crippen LogP) is 2.17. The van der Waals surface area contributed by atoms with Crippen LogP contribution in [0.4, 0.5) is 11.4 Å². The molecule has 0 atom stereocenters. The first-order chi connectivity index (χ1) is 10.3. The van der Waals surface area contributed by atoms with Crippen LogP contribution in [0.1, 0.15) is 15.9 Å². The largest absolute Gasteiger partial charge is 0.384 e. The van der Waals surface area contributed by atoms with Crippen molar-refractivity contribution < 1.29 is 9.53 Å². The number of amides is 1. The van der Waals surface area contributed by atoms with Gasteiger partial charge in [0.1, 0.15) is 0 Å². The smallest absolute Gasteiger partial charge is 0.255 e. The van der Waals surface area contributed by atoms with Crippen molar-refractivity contribution in [3.8, 4) is 0 Å². The number of benzene rings is 1. The van der Waals surface area contributed by atoms with Crippen LogP contribution in [0.5, 0.6) is 0 Å². The molecular weight excluding hydrogens is 304 g/mol. The molecule has 6 nitrogen and oxygen atoms in total. The van der Waals surface area contributed by atoms with Crippen LogP contribution in [-0.2, 0) is 17.7 Å². The summed E-state index contributed by atoms with van der Waals surface area (Å²) >= 11 is 0. The lowest BCUT2D eigenvalue weighted by atomic mass is 10.1. The van der Waals surface area contributed by atoms with Crippen molar-refractivity contribution in [2.24, 2.45) is 0 Å². The number of ether oxygens (including phenoxy) is 1. The minimum atomic E-state index is -0.115. The number of hydrogen-bond donors (Lipinski definition) is 2. The third kappa shape index (κ3) is 3.58. The molecule has 0 saturated heterocycles. The zero-order valence-electron chi connectivity index (χ0n) is 12.3. The Labute approximate surface area is 135 Å². The monoisotopic (exact) mass is 322 g/mol. The zero-order chi connectivity index (χ0) is 14.7. The van der Waals surface area contributed by atoms with Crippen LogP contribution in [-0.4, -0.2) is 35.9 Å². The van der Waals surface area contributed by atoms with Gasteiger partial charge in [-0.15, -0.1) is 12.4 Å². The van der Waals surface area contributed by atoms with Crippen LogP contribution >= 0.6 is 12.4 Å². The van der Waals surface area contributed by atoms with Crippen molar-refractivity contribution in [2.45, 2.75) is 13.0 Å². The van der Waals surface area contributed by atoms with E-state index in [1.807, 2.05) is 18.2 Å². The molecule has 0 aliphatic carbocycles. The Morgan fingerprint density at radius 2 is 2.36 bits per heavy atom. The molecule has 2 N–H and O–H groups in total. The van der Waals surface area contributed by atoms with Crippen LogP contribution in [0, 0.1) is 0 Å². The van der Waals surface area contributed by atoms with E-state index in [2.05, 4.69) is 15.7 Å². The van der Waals surface area contributed by atoms with Gasteiger partial charge in [0.2, 0.25) is 0 Å². The third-order valence-corrected chi connectivity index (χ3v) is 3.49. The molecule has 0 bridgehead atoms. The first-order valence-electron chi connectivity index (χ1n) is 6.96. The molecule has 1 aliphatic rings. The molecule has 0 fully saturated rings. The highest BCUT2D eigenvalue weighted by molar-refractivity contribution is 6.04. The molecule has 1 aromatic carbocycles. The lowest BCUT2D eigenvalue weighted by Gasteiger charge is -2.05. The molecule has 0 spiro atoms. The summed E-state index contributed by atoms with van der Waals surface area (Å²) in [4.78, 5) is 12.2. The van der Waals surface area contributed by atoms with E-state index in [1.54, 1.807) is 24.2 Å². The predicted molar refractivity (Wildman–Crippen MR) is 87.9 cm³/mol. The summed E-state index contributed by atoms with van der Waals surface area (Å²) < 4.78 is 6.74. The van der Waals surface area contributed by atoms with E-state index in [0.717, 1.165) is 18.7 Å². The molecule has 1 aliphatic heterocycles. The fraction of sp³-hybridized carbons (Fsp3) is 0.333. The van der Waals surface area contributed by atoms with Gasteiger partial charge in [0.05, 0.1) is 25.0 Å². The standard InChI is InChI=1S/C15H18N4O2.ClH/c1-21-7-6-19-10-13(9-17-19)18-15(20)12-2-3-14-11(8-12)4-5-16-14;/h2-3,8-10,16H,4-7H2,1H3,(H,18,20);1H. The lowest BCUT2D eigenvalue weighted by molar-refractivity contribution is 0.102. The average molecular weight is 323 g/mol. The maximum absolute atomic E-state index is 12.2. The van der Waals surface area contributed by atoms with Gasteiger partial charge in [-0.2, -0.15) is 5.10 Å². The molecule has 2 aromatic rings. The van der Waals surface area contributed by atoms with E-state index in [4.69, 9.17) is 4.74 Å². The minimum Gasteiger partial charge on any atom is -0.384 e. The second-order valence-corrected chi connectivity index (χ2v) is 4.99. The van der Waals surface area contributed by atoms with Gasteiger partial charge in [0, 0.05) is 31.1 Å². The van der Waals surface area contributed by atoms with Crippen molar-refractivity contribution in [1.82, 2.24) is 9.78 Å². The number of anilines is 2. The molecule has 0 saturated carbocycles. The molecule has 2 heterocycles. The van der Waals surface area contributed by atoms with Crippen molar-refractivity contribution in [3.05, 3.63) is 41.7 Å². The van der Waals surface area contributed by atoms with Gasteiger partial charge in [-0.1, -0.05) is 0 Å². The molecule has 1 aromatic heterocycles. The summed E-state index contributed by atoms with van der Waals surface area (Å²) in [5.41, 5.74) is 3.68. The fourth-order valence-electron chi connectivity index (χ4n) is 2.38. The van der Waals surface area contributed by atoms with Crippen molar-refractivity contribution in [2.75, 3.05) is 30.9 Å². The first kappa shape index (κ1) is 16.3. The maximum atomic E-state index is 12.2. The summed E-state index contributed by atoms with van der Waals surface area (Å²) in [6, 6.07) is 5.74. The summed E-state index contributed by atoms with van der Waals surface area (Å²) in [5.74, 6) is -0.115. The maximum Gasteiger partial charge on any atom is 0.255 e. The number of rotatable bonds is 5. The quantitative estimate of drug-likeness (QED) is 0.885. The van der Waals surface area contributed by atoms with E-state index in [1.165, 1.54) is 5.56 Å². The number of fused-ring (bicyclic) bond motifs is 1. The van der Waals surface area contributed by atoms with Crippen LogP contribution < -0.4 is 10.6 Å². The number of nitrogens with zero attached hydrogens (tertiary/aromatic N) is 2. The van der Waals surface area contributed by atoms with Gasteiger partial charge >= 0.3 is 0 Å². The van der Waals surface area contributed by atoms with Gasteiger partial charge < -0.3 is 15.4 Å². The summed E-state index contributed by atoms with van der Waals surface area (Å²) in [6.45, 7) is 2.19. The highest BCUT2D eigenvalue weighted by Gasteiger charge is 2.14. The van der Waals surface area contributed by atoms with Crippen LogP contribution in [0.2, 0.25) is 0 Å². The number of aromatic nitrogens is 2. The number of nitrogens with one attached hydrogen (secondary N) is 2. The average Bonchev–Trinajstić information content (AvgIpc) is 3.12. The number of carbonyl (C=O) groups is 1. The molecule has 7 heteroatoms. The molecular formula is C15H19ClN4O2. The fourth-order valence-corrected chi connectivity index (χ4v) is 2.38. The second-order valence-electron chi connectivity index (χ2n) is 4.99. The molecule has 118 valence electrons. The Morgan fingerprint density at radius 3 is 3.18 bits per heavy atom. The highest BCUT2D eigenvalue weighted by Crippen LogP contribution is 2.23. The summed E-state index contributed by atoms with van der Waals surface area (Å²) in [6.07, 6.45) is 4.40. The Kier molecular flexibility index (Phi) is 5.41. The van der Waals surface area contributed by atoms with E-state index >= 15 is 0 Å². The number of methoxy groups -OCH3 is 1. The van der Waals surface area contributed by atoms with Gasteiger partial charge in [0.25, 0.3) is 5.91 Å². The summed E-state index contributed by atoms with van der Waals surface area (Å²) in [5, 5.41) is 10.3. The number of hydrogen-bond acceptors (Lipinski definition) is 4. The number of halogens is 1. The minimum absolute atomic E-state index is 0. The highest BCUT2D eigenvalue weighted by atomic mass is 35.5. The molecule has 22 heavy (non-hydrogen) atoms. The molecule has 1 amide bonds. The second kappa shape index (κ2) is 7.29. The van der Waals surface area contributed by atoms with E-state index in [0.29, 0.717) is 24.4 Å². The van der Waals surface area contributed by atoms with Crippen molar-refractivity contribution in [3.63, 3.8) is 0 Å². The Bertz CT molecular complexity index is 657. The SMILES string of the molecule is COCCn1cc(NC(=O)c2ccc3c(c2)CCN3)cn1.Cl. The Morgan fingerprint density at radius 1 is 1.50 bits per heavy atom. The topological polar surface area (TPSA) is 68.2 Å². The third-order valence-electron chi connectivity index (χ3n) is 3.49. The first-order valence-corrected chi connectivity index (χ1v) is 6.96. The molecule has 0 radical (unpaired) electrons. The molecule has 0 unspecified atom stereocenters. The van der Waals surface area contributed by atoms with Crippen LogP contribution in [0.25, 0.3) is 0 Å². The van der Waals surface area contributed by atoms with Crippen molar-refractivity contribution in [1.29, 1.82) is 0 Å². The number of carbonyl (C=O) groups excluding carboxylic acids is 1. The van der Waals surface area contributed by atoms with E-state index in [9.17, 15) is 4.79 Å². The van der Waals surface area contributed by atoms with Gasteiger partial charge in [-0.3, -0.25) is 9.48 Å². The van der Waals surface area contributed by atoms with Crippen molar-refractivity contribution >= 4 is 29.7 Å².